The largest absolute Gasteiger partial charge is 0.376 e. The molecule has 0 saturated carbocycles. The Bertz CT molecular complexity index is 985. The number of nitro benzene ring substituents is 1. The first-order valence-corrected chi connectivity index (χ1v) is 8.99. The lowest BCUT2D eigenvalue weighted by molar-refractivity contribution is -0.385. The number of hydrogen-bond donors (Lipinski definition) is 0. The molecule has 0 atom stereocenters. The number of rotatable bonds is 5. The molecule has 0 unspecified atom stereocenters. The summed E-state index contributed by atoms with van der Waals surface area (Å²) in [6.45, 7) is -0.0262. The van der Waals surface area contributed by atoms with Gasteiger partial charge < -0.3 is 9.80 Å². The van der Waals surface area contributed by atoms with Crippen molar-refractivity contribution in [2.24, 2.45) is 0 Å². The maximum Gasteiger partial charge on any atom is 0.277 e. The highest BCUT2D eigenvalue weighted by atomic mass is 35.5. The van der Waals surface area contributed by atoms with Gasteiger partial charge in [-0.15, -0.1) is 0 Å². The van der Waals surface area contributed by atoms with Crippen molar-refractivity contribution in [1.82, 2.24) is 4.90 Å². The normalized spacial score (nSPS) is 14.0. The molecule has 1 aliphatic heterocycles. The van der Waals surface area contributed by atoms with Gasteiger partial charge in [0, 0.05) is 19.7 Å². The quantitative estimate of drug-likeness (QED) is 0.416. The SMILES string of the molecule is CN(C)c1ccc(N2C(=O)CN(Cc3ccc(F)cc3[N+](=O)[O-])C2=S)cc1Cl. The van der Waals surface area contributed by atoms with Gasteiger partial charge in [-0.05, 0) is 42.5 Å². The van der Waals surface area contributed by atoms with Gasteiger partial charge in [-0.2, -0.15) is 0 Å². The van der Waals surface area contributed by atoms with Crippen LogP contribution in [0.5, 0.6) is 0 Å². The monoisotopic (exact) mass is 422 g/mol. The van der Waals surface area contributed by atoms with Gasteiger partial charge >= 0.3 is 0 Å². The third-order valence-electron chi connectivity index (χ3n) is 4.31. The van der Waals surface area contributed by atoms with Gasteiger partial charge in [-0.3, -0.25) is 19.8 Å². The van der Waals surface area contributed by atoms with Crippen LogP contribution in [0.4, 0.5) is 21.5 Å². The van der Waals surface area contributed by atoms with Crippen LogP contribution in [0.1, 0.15) is 5.56 Å². The highest BCUT2D eigenvalue weighted by Crippen LogP contribution is 2.32. The molecule has 0 N–H and O–H groups in total. The Balaban J connectivity index is 1.87. The van der Waals surface area contributed by atoms with E-state index < -0.39 is 10.7 Å². The molecule has 7 nitrogen and oxygen atoms in total. The van der Waals surface area contributed by atoms with Gasteiger partial charge in [0.15, 0.2) is 5.11 Å². The number of halogens is 2. The highest BCUT2D eigenvalue weighted by molar-refractivity contribution is 7.80. The third-order valence-corrected chi connectivity index (χ3v) is 5.06. The fourth-order valence-electron chi connectivity index (χ4n) is 2.97. The molecule has 1 amide bonds. The molecule has 1 heterocycles. The molecule has 3 rings (SSSR count). The fourth-order valence-corrected chi connectivity index (χ4v) is 3.65. The smallest absolute Gasteiger partial charge is 0.277 e. The second-order valence-corrected chi connectivity index (χ2v) is 7.20. The molecule has 1 aliphatic rings. The van der Waals surface area contributed by atoms with Crippen molar-refractivity contribution in [3.8, 4) is 0 Å². The van der Waals surface area contributed by atoms with E-state index in [-0.39, 0.29) is 35.4 Å². The Morgan fingerprint density at radius 1 is 1.29 bits per heavy atom. The summed E-state index contributed by atoms with van der Waals surface area (Å²) in [6, 6.07) is 8.47. The van der Waals surface area contributed by atoms with Gasteiger partial charge in [-0.1, -0.05) is 11.6 Å². The van der Waals surface area contributed by atoms with Crippen LogP contribution in [-0.4, -0.2) is 41.5 Å². The predicted octanol–water partition coefficient (Wildman–Crippen LogP) is 3.59. The lowest BCUT2D eigenvalue weighted by atomic mass is 10.1. The van der Waals surface area contributed by atoms with Crippen molar-refractivity contribution in [2.75, 3.05) is 30.4 Å². The summed E-state index contributed by atoms with van der Waals surface area (Å²) in [4.78, 5) is 27.8. The number of benzene rings is 2. The van der Waals surface area contributed by atoms with E-state index in [1.165, 1.54) is 15.9 Å². The average Bonchev–Trinajstić information content (AvgIpc) is 2.89. The zero-order valence-electron chi connectivity index (χ0n) is 15.1. The first kappa shape index (κ1) is 20.0. The minimum atomic E-state index is -0.701. The van der Waals surface area contributed by atoms with Crippen LogP contribution in [0.25, 0.3) is 0 Å². The molecule has 28 heavy (non-hydrogen) atoms. The number of carbonyl (C=O) groups is 1. The van der Waals surface area contributed by atoms with Crippen LogP contribution in [0.3, 0.4) is 0 Å². The average molecular weight is 423 g/mol. The zero-order valence-corrected chi connectivity index (χ0v) is 16.6. The highest BCUT2D eigenvalue weighted by Gasteiger charge is 2.35. The summed E-state index contributed by atoms with van der Waals surface area (Å²) in [6.07, 6.45) is 0. The molecule has 1 saturated heterocycles. The summed E-state index contributed by atoms with van der Waals surface area (Å²) in [5, 5.41) is 11.9. The van der Waals surface area contributed by atoms with Crippen LogP contribution in [0.15, 0.2) is 36.4 Å². The minimum absolute atomic E-state index is 0.0151. The first-order chi connectivity index (χ1) is 13.2. The minimum Gasteiger partial charge on any atom is -0.376 e. The molecule has 0 radical (unpaired) electrons. The molecular weight excluding hydrogens is 407 g/mol. The van der Waals surface area contributed by atoms with E-state index >= 15 is 0 Å². The molecular formula is C18H16ClFN4O3S. The van der Waals surface area contributed by atoms with Crippen molar-refractivity contribution >= 4 is 51.9 Å². The second-order valence-electron chi connectivity index (χ2n) is 6.43. The molecule has 146 valence electrons. The van der Waals surface area contributed by atoms with Gasteiger partial charge in [0.1, 0.15) is 12.4 Å². The van der Waals surface area contributed by atoms with Crippen LogP contribution in [-0.2, 0) is 11.3 Å². The molecule has 0 bridgehead atoms. The molecule has 2 aromatic carbocycles. The number of nitro groups is 1. The van der Waals surface area contributed by atoms with E-state index in [4.69, 9.17) is 23.8 Å². The van der Waals surface area contributed by atoms with Crippen LogP contribution >= 0.6 is 23.8 Å². The molecule has 1 fully saturated rings. The first-order valence-electron chi connectivity index (χ1n) is 8.20. The molecule has 0 spiro atoms. The number of nitrogens with zero attached hydrogens (tertiary/aromatic N) is 4. The standard InChI is InChI=1S/C18H16ClFN4O3S/c1-21(2)15-6-5-13(8-14(15)19)23-17(25)10-22(18(23)28)9-11-3-4-12(20)7-16(11)24(26)27/h3-8H,9-10H2,1-2H3. The Labute approximate surface area is 171 Å². The molecule has 0 aliphatic carbocycles. The summed E-state index contributed by atoms with van der Waals surface area (Å²) < 4.78 is 13.3. The van der Waals surface area contributed by atoms with Gasteiger partial charge in [0.05, 0.1) is 33.9 Å². The van der Waals surface area contributed by atoms with Gasteiger partial charge in [-0.25, -0.2) is 4.39 Å². The zero-order chi connectivity index (χ0) is 20.6. The predicted molar refractivity (Wildman–Crippen MR) is 109 cm³/mol. The van der Waals surface area contributed by atoms with E-state index in [1.54, 1.807) is 18.2 Å². The number of amides is 1. The summed E-state index contributed by atoms with van der Waals surface area (Å²) in [7, 11) is 3.70. The van der Waals surface area contributed by atoms with Gasteiger partial charge in [0.25, 0.3) is 11.6 Å². The number of thiocarbonyl (C=S) groups is 1. The summed E-state index contributed by atoms with van der Waals surface area (Å²) in [5.74, 6) is -0.976. The Morgan fingerprint density at radius 2 is 2.00 bits per heavy atom. The van der Waals surface area contributed by atoms with Crippen molar-refractivity contribution in [2.45, 2.75) is 6.54 Å². The Morgan fingerprint density at radius 3 is 2.61 bits per heavy atom. The van der Waals surface area contributed by atoms with E-state index in [0.29, 0.717) is 10.7 Å². The van der Waals surface area contributed by atoms with Crippen molar-refractivity contribution < 1.29 is 14.1 Å². The summed E-state index contributed by atoms with van der Waals surface area (Å²) >= 11 is 11.7. The topological polar surface area (TPSA) is 69.9 Å². The number of anilines is 2. The van der Waals surface area contributed by atoms with Crippen LogP contribution in [0, 0.1) is 15.9 Å². The molecule has 0 aromatic heterocycles. The Kier molecular flexibility index (Phi) is 5.48. The second kappa shape index (κ2) is 7.69. The van der Waals surface area contributed by atoms with Gasteiger partial charge in [0.2, 0.25) is 0 Å². The summed E-state index contributed by atoms with van der Waals surface area (Å²) in [5.41, 5.74) is 1.22. The van der Waals surface area contributed by atoms with E-state index in [9.17, 15) is 19.3 Å². The number of carbonyl (C=O) groups excluding carboxylic acids is 1. The maximum absolute atomic E-state index is 13.3. The maximum atomic E-state index is 13.3. The lowest BCUT2D eigenvalue weighted by Gasteiger charge is -2.22. The van der Waals surface area contributed by atoms with E-state index in [2.05, 4.69) is 0 Å². The third kappa shape index (κ3) is 3.76. The Hall–Kier alpha value is -2.78. The molecule has 2 aromatic rings. The molecule has 10 heteroatoms. The van der Waals surface area contributed by atoms with Crippen molar-refractivity contribution in [3.05, 3.63) is 62.9 Å². The van der Waals surface area contributed by atoms with E-state index in [0.717, 1.165) is 17.8 Å². The van der Waals surface area contributed by atoms with E-state index in [1.807, 2.05) is 19.0 Å². The van der Waals surface area contributed by atoms with Crippen LogP contribution < -0.4 is 9.80 Å². The lowest BCUT2D eigenvalue weighted by Crippen LogP contribution is -2.32. The van der Waals surface area contributed by atoms with Crippen LogP contribution in [0.2, 0.25) is 5.02 Å². The fraction of sp³-hybridized carbons (Fsp3) is 0.222. The number of hydrogen-bond acceptors (Lipinski definition) is 5. The van der Waals surface area contributed by atoms with Crippen molar-refractivity contribution in [1.29, 1.82) is 0 Å². The van der Waals surface area contributed by atoms with Crippen molar-refractivity contribution in [3.63, 3.8) is 0 Å².